The SMILES string of the molecule is CC(C)[C@H](N)C(=O)CCCCCCCCCCC[C]=O. The number of hydrogen-bond acceptors (Lipinski definition) is 3. The topological polar surface area (TPSA) is 60.2 Å². The third kappa shape index (κ3) is 11.2. The average Bonchev–Trinajstić information content (AvgIpc) is 2.43. The van der Waals surface area contributed by atoms with Crippen LogP contribution >= 0.6 is 0 Å². The van der Waals surface area contributed by atoms with Gasteiger partial charge in [-0.3, -0.25) is 9.59 Å². The number of unbranched alkanes of at least 4 members (excludes halogenated alkanes) is 9. The first kappa shape index (κ1) is 19.3. The largest absolute Gasteiger partial charge is 0.321 e. The van der Waals surface area contributed by atoms with Crippen LogP contribution in [-0.2, 0) is 9.59 Å². The molecule has 3 nitrogen and oxygen atoms in total. The van der Waals surface area contributed by atoms with E-state index in [1.165, 1.54) is 32.1 Å². The van der Waals surface area contributed by atoms with Gasteiger partial charge in [-0.05, 0) is 18.8 Å². The Bertz CT molecular complexity index is 251. The Kier molecular flexibility index (Phi) is 12.8. The van der Waals surface area contributed by atoms with Crippen LogP contribution in [0.4, 0.5) is 0 Å². The van der Waals surface area contributed by atoms with Crippen molar-refractivity contribution in [2.45, 2.75) is 90.5 Å². The first-order chi connectivity index (χ1) is 9.59. The Hall–Kier alpha value is -0.700. The summed E-state index contributed by atoms with van der Waals surface area (Å²) in [6, 6.07) is -0.279. The van der Waals surface area contributed by atoms with E-state index in [-0.39, 0.29) is 17.7 Å². The molecule has 0 aromatic rings. The van der Waals surface area contributed by atoms with Gasteiger partial charge in [0.05, 0.1) is 6.04 Å². The third-order valence-electron chi connectivity index (χ3n) is 3.79. The lowest BCUT2D eigenvalue weighted by molar-refractivity contribution is -0.121. The number of hydrogen-bond donors (Lipinski definition) is 1. The lowest BCUT2D eigenvalue weighted by Gasteiger charge is -2.13. The van der Waals surface area contributed by atoms with E-state index in [0.29, 0.717) is 12.8 Å². The summed E-state index contributed by atoms with van der Waals surface area (Å²) in [6.07, 6.45) is 13.6. The predicted octanol–water partition coefficient (Wildman–Crippen LogP) is 3.94. The molecule has 0 aromatic heterocycles. The molecule has 0 aliphatic heterocycles. The van der Waals surface area contributed by atoms with Crippen LogP contribution in [-0.4, -0.2) is 18.1 Å². The van der Waals surface area contributed by atoms with Gasteiger partial charge in [0.2, 0.25) is 0 Å². The minimum absolute atomic E-state index is 0.215. The van der Waals surface area contributed by atoms with Gasteiger partial charge < -0.3 is 5.73 Å². The minimum atomic E-state index is -0.279. The standard InChI is InChI=1S/C17H32NO2/c1-15(2)17(18)16(20)13-11-9-7-5-3-4-6-8-10-12-14-19/h15,17H,3-13,18H2,1-2H3/t17-/m0/s1. The maximum absolute atomic E-state index is 11.7. The van der Waals surface area contributed by atoms with Gasteiger partial charge in [-0.15, -0.1) is 0 Å². The van der Waals surface area contributed by atoms with E-state index >= 15 is 0 Å². The summed E-state index contributed by atoms with van der Waals surface area (Å²) in [6.45, 7) is 3.99. The quantitative estimate of drug-likeness (QED) is 0.491. The number of carbonyl (C=O) groups excluding carboxylic acids is 2. The molecule has 20 heavy (non-hydrogen) atoms. The van der Waals surface area contributed by atoms with Crippen molar-refractivity contribution in [3.8, 4) is 0 Å². The zero-order valence-corrected chi connectivity index (χ0v) is 13.3. The van der Waals surface area contributed by atoms with Gasteiger partial charge in [-0.2, -0.15) is 0 Å². The van der Waals surface area contributed by atoms with E-state index < -0.39 is 0 Å². The van der Waals surface area contributed by atoms with E-state index in [4.69, 9.17) is 5.73 Å². The van der Waals surface area contributed by atoms with Crippen molar-refractivity contribution in [3.63, 3.8) is 0 Å². The summed E-state index contributed by atoms with van der Waals surface area (Å²) in [5.74, 6) is 0.464. The van der Waals surface area contributed by atoms with Gasteiger partial charge >= 0.3 is 0 Å². The van der Waals surface area contributed by atoms with Crippen LogP contribution in [0.1, 0.15) is 84.5 Å². The Morgan fingerprint density at radius 1 is 0.900 bits per heavy atom. The first-order valence-electron chi connectivity index (χ1n) is 8.23. The summed E-state index contributed by atoms with van der Waals surface area (Å²) >= 11 is 0. The van der Waals surface area contributed by atoms with Crippen LogP contribution < -0.4 is 5.73 Å². The fraction of sp³-hybridized carbons (Fsp3) is 0.882. The number of nitrogens with two attached hydrogens (primary N) is 1. The highest BCUT2D eigenvalue weighted by Crippen LogP contribution is 2.12. The zero-order chi connectivity index (χ0) is 15.2. The van der Waals surface area contributed by atoms with E-state index in [2.05, 4.69) is 0 Å². The van der Waals surface area contributed by atoms with Gasteiger partial charge in [-0.1, -0.05) is 58.8 Å². The van der Waals surface area contributed by atoms with Gasteiger partial charge in [0.25, 0.3) is 0 Å². The first-order valence-corrected chi connectivity index (χ1v) is 8.23. The van der Waals surface area contributed by atoms with Crippen molar-refractivity contribution in [2.75, 3.05) is 0 Å². The van der Waals surface area contributed by atoms with Crippen LogP contribution in [0.2, 0.25) is 0 Å². The second-order valence-corrected chi connectivity index (χ2v) is 6.06. The molecule has 1 atom stereocenters. The zero-order valence-electron chi connectivity index (χ0n) is 13.3. The van der Waals surface area contributed by atoms with Crippen molar-refractivity contribution < 1.29 is 9.59 Å². The maximum atomic E-state index is 11.7. The monoisotopic (exact) mass is 282 g/mol. The lowest BCUT2D eigenvalue weighted by Crippen LogP contribution is -2.35. The number of Topliss-reactive ketones (excluding diaryl/α,β-unsaturated/α-hetero) is 1. The molecular weight excluding hydrogens is 250 g/mol. The molecule has 117 valence electrons. The number of ketones is 1. The molecule has 2 N–H and O–H groups in total. The fourth-order valence-corrected chi connectivity index (χ4v) is 2.27. The smallest absolute Gasteiger partial charge is 0.198 e. The Balaban J connectivity index is 3.24. The molecular formula is C17H32NO2. The molecule has 1 radical (unpaired) electrons. The van der Waals surface area contributed by atoms with E-state index in [1.54, 1.807) is 0 Å². The Labute approximate surface area is 124 Å². The molecule has 0 amide bonds. The van der Waals surface area contributed by atoms with Crippen LogP contribution in [0.3, 0.4) is 0 Å². The van der Waals surface area contributed by atoms with Crippen LogP contribution in [0.15, 0.2) is 0 Å². The van der Waals surface area contributed by atoms with Crippen molar-refractivity contribution >= 4 is 12.1 Å². The summed E-state index contributed by atoms with van der Waals surface area (Å²) in [7, 11) is 0. The second-order valence-electron chi connectivity index (χ2n) is 6.06. The molecule has 0 heterocycles. The van der Waals surface area contributed by atoms with E-state index in [1.807, 2.05) is 20.1 Å². The molecule has 0 fully saturated rings. The third-order valence-corrected chi connectivity index (χ3v) is 3.79. The summed E-state index contributed by atoms with van der Waals surface area (Å²) in [5.41, 5.74) is 5.82. The molecule has 0 aliphatic rings. The van der Waals surface area contributed by atoms with Crippen LogP contribution in [0.25, 0.3) is 0 Å². The average molecular weight is 282 g/mol. The maximum Gasteiger partial charge on any atom is 0.198 e. The lowest BCUT2D eigenvalue weighted by atomic mass is 9.97. The fourth-order valence-electron chi connectivity index (χ4n) is 2.27. The molecule has 0 rings (SSSR count). The van der Waals surface area contributed by atoms with Gasteiger partial charge in [0.1, 0.15) is 5.78 Å². The summed E-state index contributed by atoms with van der Waals surface area (Å²) in [5, 5.41) is 0. The molecule has 0 spiro atoms. The van der Waals surface area contributed by atoms with Crippen molar-refractivity contribution in [1.29, 1.82) is 0 Å². The second kappa shape index (κ2) is 13.3. The summed E-state index contributed by atoms with van der Waals surface area (Å²) < 4.78 is 0. The van der Waals surface area contributed by atoms with Crippen molar-refractivity contribution in [3.05, 3.63) is 0 Å². The minimum Gasteiger partial charge on any atom is -0.321 e. The molecule has 0 saturated heterocycles. The van der Waals surface area contributed by atoms with E-state index in [9.17, 15) is 9.59 Å². The van der Waals surface area contributed by atoms with Gasteiger partial charge in [0.15, 0.2) is 6.29 Å². The highest BCUT2D eigenvalue weighted by molar-refractivity contribution is 5.83. The predicted molar refractivity (Wildman–Crippen MR) is 84.3 cm³/mol. The van der Waals surface area contributed by atoms with Crippen LogP contribution in [0, 0.1) is 5.92 Å². The number of rotatable bonds is 14. The molecule has 0 unspecified atom stereocenters. The molecule has 0 aromatic carbocycles. The molecule has 0 bridgehead atoms. The van der Waals surface area contributed by atoms with Gasteiger partial charge in [0, 0.05) is 12.8 Å². The summed E-state index contributed by atoms with van der Waals surface area (Å²) in [4.78, 5) is 21.7. The normalized spacial score (nSPS) is 12.6. The highest BCUT2D eigenvalue weighted by atomic mass is 16.1. The molecule has 0 aliphatic carbocycles. The van der Waals surface area contributed by atoms with Gasteiger partial charge in [-0.25, -0.2) is 0 Å². The molecule has 0 saturated carbocycles. The molecule has 3 heteroatoms. The van der Waals surface area contributed by atoms with Crippen LogP contribution in [0.5, 0.6) is 0 Å². The highest BCUT2D eigenvalue weighted by Gasteiger charge is 2.15. The Morgan fingerprint density at radius 3 is 1.80 bits per heavy atom. The van der Waals surface area contributed by atoms with Crippen molar-refractivity contribution in [2.24, 2.45) is 11.7 Å². The van der Waals surface area contributed by atoms with E-state index in [0.717, 1.165) is 25.7 Å². The van der Waals surface area contributed by atoms with Crippen molar-refractivity contribution in [1.82, 2.24) is 0 Å². The number of carbonyl (C=O) groups is 1. The Morgan fingerprint density at radius 2 is 1.35 bits per heavy atom.